The van der Waals surface area contributed by atoms with E-state index in [0.29, 0.717) is 5.82 Å². The third-order valence-electron chi connectivity index (χ3n) is 3.94. The van der Waals surface area contributed by atoms with E-state index in [4.69, 9.17) is 0 Å². The summed E-state index contributed by atoms with van der Waals surface area (Å²) in [5.74, 6) is 0.599. The normalized spacial score (nSPS) is 11.2. The second kappa shape index (κ2) is 8.29. The largest absolute Gasteiger partial charge is 0.337 e. The Bertz CT molecular complexity index is 912. The Labute approximate surface area is 153 Å². The minimum absolute atomic E-state index is 0.0888. The number of nitrogens with zero attached hydrogens (tertiary/aromatic N) is 3. The summed E-state index contributed by atoms with van der Waals surface area (Å²) in [6, 6.07) is 7.48. The number of anilines is 3. The van der Waals surface area contributed by atoms with Gasteiger partial charge in [-0.3, -0.25) is 9.20 Å². The first-order chi connectivity index (χ1) is 12.7. The van der Waals surface area contributed by atoms with Crippen molar-refractivity contribution in [1.82, 2.24) is 14.4 Å². The number of hydrogen-bond donors (Lipinski definition) is 2. The van der Waals surface area contributed by atoms with Crippen LogP contribution in [-0.2, 0) is 4.79 Å². The van der Waals surface area contributed by atoms with Crippen LogP contribution in [0.4, 0.5) is 17.2 Å². The quantitative estimate of drug-likeness (QED) is 0.610. The molecule has 1 amide bonds. The van der Waals surface area contributed by atoms with Gasteiger partial charge in [0.25, 0.3) is 0 Å². The van der Waals surface area contributed by atoms with Crippen LogP contribution >= 0.6 is 0 Å². The first-order valence-electron chi connectivity index (χ1n) is 8.80. The monoisotopic (exact) mass is 349 g/mol. The van der Waals surface area contributed by atoms with Gasteiger partial charge in [0, 0.05) is 30.7 Å². The lowest BCUT2D eigenvalue weighted by Gasteiger charge is -2.08. The van der Waals surface area contributed by atoms with E-state index in [1.54, 1.807) is 6.20 Å². The summed E-state index contributed by atoms with van der Waals surface area (Å²) in [4.78, 5) is 20.0. The van der Waals surface area contributed by atoms with Crippen LogP contribution in [0.2, 0.25) is 0 Å². The van der Waals surface area contributed by atoms with Crippen molar-refractivity contribution in [2.75, 3.05) is 10.6 Å². The molecule has 0 unspecified atom stereocenters. The molecule has 0 aliphatic carbocycles. The van der Waals surface area contributed by atoms with E-state index in [1.807, 2.05) is 41.1 Å². The van der Waals surface area contributed by atoms with Crippen molar-refractivity contribution in [3.05, 3.63) is 54.6 Å². The Kier molecular flexibility index (Phi) is 5.63. The van der Waals surface area contributed by atoms with E-state index in [9.17, 15) is 4.79 Å². The first kappa shape index (κ1) is 17.7. The van der Waals surface area contributed by atoms with Crippen LogP contribution in [0.15, 0.2) is 48.9 Å². The van der Waals surface area contributed by atoms with Gasteiger partial charge >= 0.3 is 0 Å². The number of fused-ring (bicyclic) bond motifs is 1. The summed E-state index contributed by atoms with van der Waals surface area (Å²) in [5.41, 5.74) is 3.44. The minimum Gasteiger partial charge on any atom is -0.337 e. The van der Waals surface area contributed by atoms with Crippen molar-refractivity contribution in [1.29, 1.82) is 0 Å². The van der Waals surface area contributed by atoms with Crippen molar-refractivity contribution in [2.24, 2.45) is 0 Å². The third-order valence-corrected chi connectivity index (χ3v) is 3.94. The number of nitrogens with one attached hydrogen (secondary N) is 2. The Balaban J connectivity index is 1.79. The van der Waals surface area contributed by atoms with Crippen LogP contribution in [0.3, 0.4) is 0 Å². The molecule has 2 N–H and O–H groups in total. The van der Waals surface area contributed by atoms with Crippen molar-refractivity contribution in [3.8, 4) is 0 Å². The van der Waals surface area contributed by atoms with Crippen molar-refractivity contribution < 1.29 is 4.79 Å². The Hall–Kier alpha value is -3.15. The van der Waals surface area contributed by atoms with E-state index in [2.05, 4.69) is 39.7 Å². The second-order valence-electron chi connectivity index (χ2n) is 6.08. The van der Waals surface area contributed by atoms with Crippen molar-refractivity contribution >= 4 is 34.8 Å². The molecule has 1 aromatic carbocycles. The molecule has 0 atom stereocenters. The van der Waals surface area contributed by atoms with E-state index in [1.165, 1.54) is 19.8 Å². The number of amides is 1. The van der Waals surface area contributed by atoms with Crippen LogP contribution in [0, 0.1) is 0 Å². The highest BCUT2D eigenvalue weighted by Gasteiger charge is 2.07. The second-order valence-corrected chi connectivity index (χ2v) is 6.08. The van der Waals surface area contributed by atoms with Gasteiger partial charge in [-0.2, -0.15) is 0 Å². The van der Waals surface area contributed by atoms with Gasteiger partial charge in [-0.15, -0.1) is 0 Å². The van der Waals surface area contributed by atoms with Gasteiger partial charge in [-0.1, -0.05) is 25.8 Å². The lowest BCUT2D eigenvalue weighted by molar-refractivity contribution is -0.114. The number of benzene rings is 1. The third kappa shape index (κ3) is 4.27. The summed E-state index contributed by atoms with van der Waals surface area (Å²) >= 11 is 0. The molecule has 0 radical (unpaired) electrons. The van der Waals surface area contributed by atoms with Crippen LogP contribution in [0.1, 0.15) is 38.8 Å². The number of unbranched alkanes of at least 4 members (excludes halogenated alkanes) is 2. The molecule has 134 valence electrons. The molecule has 26 heavy (non-hydrogen) atoms. The zero-order valence-electron chi connectivity index (χ0n) is 15.1. The van der Waals surface area contributed by atoms with Crippen LogP contribution < -0.4 is 10.6 Å². The van der Waals surface area contributed by atoms with E-state index >= 15 is 0 Å². The highest BCUT2D eigenvalue weighted by atomic mass is 16.1. The average molecular weight is 349 g/mol. The van der Waals surface area contributed by atoms with Gasteiger partial charge in [0.1, 0.15) is 0 Å². The maximum Gasteiger partial charge on any atom is 0.221 e. The summed E-state index contributed by atoms with van der Waals surface area (Å²) in [5, 5.41) is 6.04. The highest BCUT2D eigenvalue weighted by Crippen LogP contribution is 2.21. The molecule has 0 spiro atoms. The molecule has 0 saturated carbocycles. The smallest absolute Gasteiger partial charge is 0.221 e. The summed E-state index contributed by atoms with van der Waals surface area (Å²) < 4.78 is 2.02. The SMILES string of the molecule is CCCC/C=C\c1cnc2c(Nc3ccc(NC(C)=O)cc3)nccn12. The fraction of sp³-hybridized carbons (Fsp3) is 0.250. The zero-order chi connectivity index (χ0) is 18.4. The summed E-state index contributed by atoms with van der Waals surface area (Å²) in [6.07, 6.45) is 13.2. The van der Waals surface area contributed by atoms with E-state index < -0.39 is 0 Å². The molecule has 2 heterocycles. The fourth-order valence-corrected chi connectivity index (χ4v) is 2.65. The molecule has 0 fully saturated rings. The maximum absolute atomic E-state index is 11.1. The summed E-state index contributed by atoms with van der Waals surface area (Å²) in [7, 11) is 0. The molecule has 0 aliphatic heterocycles. The topological polar surface area (TPSA) is 71.3 Å². The molecule has 2 aromatic heterocycles. The molecule has 0 saturated heterocycles. The average Bonchev–Trinajstić information content (AvgIpc) is 3.04. The minimum atomic E-state index is -0.0888. The zero-order valence-corrected chi connectivity index (χ0v) is 15.1. The van der Waals surface area contributed by atoms with Gasteiger partial charge in [0.05, 0.1) is 11.9 Å². The molecule has 0 bridgehead atoms. The number of rotatable bonds is 7. The molecular weight excluding hydrogens is 326 g/mol. The molecule has 3 aromatic rings. The number of hydrogen-bond acceptors (Lipinski definition) is 4. The lowest BCUT2D eigenvalue weighted by atomic mass is 10.2. The number of imidazole rings is 1. The number of allylic oxidation sites excluding steroid dienone is 1. The molecule has 3 rings (SSSR count). The fourth-order valence-electron chi connectivity index (χ4n) is 2.65. The van der Waals surface area contributed by atoms with Gasteiger partial charge in [0.15, 0.2) is 11.5 Å². The number of aromatic nitrogens is 3. The number of carbonyl (C=O) groups is 1. The van der Waals surface area contributed by atoms with Crippen molar-refractivity contribution in [3.63, 3.8) is 0 Å². The Morgan fingerprint density at radius 3 is 2.69 bits per heavy atom. The Morgan fingerprint density at radius 2 is 1.96 bits per heavy atom. The predicted molar refractivity (Wildman–Crippen MR) is 106 cm³/mol. The van der Waals surface area contributed by atoms with Crippen LogP contribution in [0.25, 0.3) is 11.7 Å². The van der Waals surface area contributed by atoms with Gasteiger partial charge in [-0.05, 0) is 36.8 Å². The lowest BCUT2D eigenvalue weighted by Crippen LogP contribution is -2.05. The highest BCUT2D eigenvalue weighted by molar-refractivity contribution is 5.89. The van der Waals surface area contributed by atoms with Crippen molar-refractivity contribution in [2.45, 2.75) is 33.1 Å². The van der Waals surface area contributed by atoms with Gasteiger partial charge < -0.3 is 10.6 Å². The molecular formula is C20H23N5O. The standard InChI is InChI=1S/C20H23N5O/c1-3-4-5-6-7-18-14-22-20-19(21-12-13-25(18)20)24-17-10-8-16(9-11-17)23-15(2)26/h6-14H,3-5H2,1-2H3,(H,21,24)(H,23,26)/b7-6-. The first-order valence-corrected chi connectivity index (χ1v) is 8.80. The van der Waals surface area contributed by atoms with Crippen LogP contribution in [-0.4, -0.2) is 20.3 Å². The molecule has 0 aliphatic rings. The molecule has 6 heteroatoms. The Morgan fingerprint density at radius 1 is 1.19 bits per heavy atom. The van der Waals surface area contributed by atoms with Crippen LogP contribution in [0.5, 0.6) is 0 Å². The molecule has 6 nitrogen and oxygen atoms in total. The van der Waals surface area contributed by atoms with E-state index in [-0.39, 0.29) is 5.91 Å². The van der Waals surface area contributed by atoms with Gasteiger partial charge in [0.2, 0.25) is 5.91 Å². The number of carbonyl (C=O) groups excluding carboxylic acids is 1. The summed E-state index contributed by atoms with van der Waals surface area (Å²) in [6.45, 7) is 3.68. The van der Waals surface area contributed by atoms with Gasteiger partial charge in [-0.25, -0.2) is 9.97 Å². The maximum atomic E-state index is 11.1. The predicted octanol–water partition coefficient (Wildman–Crippen LogP) is 4.63. The van der Waals surface area contributed by atoms with E-state index in [0.717, 1.165) is 29.1 Å².